The second-order valence-electron chi connectivity index (χ2n) is 7.68. The third-order valence-corrected chi connectivity index (χ3v) is 4.83. The zero-order chi connectivity index (χ0) is 19.2. The van der Waals surface area contributed by atoms with Gasteiger partial charge < -0.3 is 4.90 Å². The predicted molar refractivity (Wildman–Crippen MR) is 101 cm³/mol. The third kappa shape index (κ3) is 3.19. The van der Waals surface area contributed by atoms with Gasteiger partial charge in [0.15, 0.2) is 5.78 Å². The molecule has 0 unspecified atom stereocenters. The molecule has 5 nitrogen and oxygen atoms in total. The molecule has 1 aliphatic carbocycles. The smallest absolute Gasteiger partial charge is 0.268 e. The highest BCUT2D eigenvalue weighted by Crippen LogP contribution is 2.35. The van der Waals surface area contributed by atoms with E-state index in [2.05, 4.69) is 0 Å². The van der Waals surface area contributed by atoms with Gasteiger partial charge in [0.05, 0.1) is 5.69 Å². The van der Waals surface area contributed by atoms with Gasteiger partial charge in [0, 0.05) is 36.8 Å². The van der Waals surface area contributed by atoms with E-state index in [0.29, 0.717) is 34.8 Å². The van der Waals surface area contributed by atoms with Crippen LogP contribution in [-0.4, -0.2) is 35.3 Å². The first-order valence-electron chi connectivity index (χ1n) is 8.40. The number of carbonyl (C=O) groups is 2. The van der Waals surface area contributed by atoms with Crippen molar-refractivity contribution in [3.63, 3.8) is 0 Å². The minimum absolute atomic E-state index is 0.0122. The summed E-state index contributed by atoms with van der Waals surface area (Å²) in [5, 5.41) is 0.480. The van der Waals surface area contributed by atoms with Gasteiger partial charge in [-0.05, 0) is 36.1 Å². The summed E-state index contributed by atoms with van der Waals surface area (Å²) in [5.41, 5.74) is 0.918. The molecule has 1 aromatic heterocycles. The molecule has 0 aliphatic heterocycles. The van der Waals surface area contributed by atoms with E-state index in [1.165, 1.54) is 15.5 Å². The first kappa shape index (κ1) is 18.4. The molecule has 0 N–H and O–H groups in total. The Morgan fingerprint density at radius 2 is 1.85 bits per heavy atom. The monoisotopic (exact) mass is 372 g/mol. The standard InChI is InChI=1S/C20H21ClN2O3/c1-20(2)10-16-14(17(24)11-20)9-15(18(25)22(3)4)19(26)23(16)13-7-5-6-12(21)8-13/h5-9H,10-11H2,1-4H3. The van der Waals surface area contributed by atoms with Crippen LogP contribution >= 0.6 is 11.6 Å². The number of hydrogen-bond acceptors (Lipinski definition) is 3. The fourth-order valence-electron chi connectivity index (χ4n) is 3.40. The first-order valence-corrected chi connectivity index (χ1v) is 8.78. The Kier molecular flexibility index (Phi) is 4.53. The Labute approximate surface area is 157 Å². The Bertz CT molecular complexity index is 974. The van der Waals surface area contributed by atoms with Gasteiger partial charge in [-0.25, -0.2) is 0 Å². The van der Waals surface area contributed by atoms with Gasteiger partial charge in [-0.15, -0.1) is 0 Å². The maximum absolute atomic E-state index is 13.2. The maximum atomic E-state index is 13.2. The van der Waals surface area contributed by atoms with Crippen molar-refractivity contribution < 1.29 is 9.59 Å². The number of aromatic nitrogens is 1. The fourth-order valence-corrected chi connectivity index (χ4v) is 3.58. The molecule has 1 amide bonds. The van der Waals surface area contributed by atoms with Gasteiger partial charge in [0.1, 0.15) is 5.56 Å². The summed E-state index contributed by atoms with van der Waals surface area (Å²) in [7, 11) is 3.16. The van der Waals surface area contributed by atoms with E-state index >= 15 is 0 Å². The van der Waals surface area contributed by atoms with Crippen LogP contribution in [0.25, 0.3) is 5.69 Å². The lowest BCUT2D eigenvalue weighted by molar-refractivity contribution is 0.0825. The van der Waals surface area contributed by atoms with E-state index in [0.717, 1.165) is 0 Å². The molecule has 1 aliphatic rings. The molecule has 0 saturated heterocycles. The summed E-state index contributed by atoms with van der Waals surface area (Å²) in [6, 6.07) is 8.33. The number of halogens is 1. The number of hydrogen-bond donors (Lipinski definition) is 0. The van der Waals surface area contributed by atoms with E-state index in [9.17, 15) is 14.4 Å². The average Bonchev–Trinajstić information content (AvgIpc) is 2.52. The molecular weight excluding hydrogens is 352 g/mol. The lowest BCUT2D eigenvalue weighted by Gasteiger charge is -2.32. The summed E-state index contributed by atoms with van der Waals surface area (Å²) < 4.78 is 1.47. The van der Waals surface area contributed by atoms with Crippen LogP contribution in [0.3, 0.4) is 0 Å². The molecule has 2 aromatic rings. The maximum Gasteiger partial charge on any atom is 0.268 e. The second kappa shape index (κ2) is 6.40. The normalized spacial score (nSPS) is 15.5. The summed E-state index contributed by atoms with van der Waals surface area (Å²) in [6.07, 6.45) is 0.940. The number of amides is 1. The van der Waals surface area contributed by atoms with Crippen LogP contribution in [0.5, 0.6) is 0 Å². The first-order chi connectivity index (χ1) is 12.1. The van der Waals surface area contributed by atoms with E-state index < -0.39 is 11.5 Å². The molecule has 0 saturated carbocycles. The number of fused-ring (bicyclic) bond motifs is 1. The molecule has 26 heavy (non-hydrogen) atoms. The molecular formula is C20H21ClN2O3. The van der Waals surface area contributed by atoms with Crippen LogP contribution in [-0.2, 0) is 6.42 Å². The lowest BCUT2D eigenvalue weighted by Crippen LogP contribution is -2.38. The van der Waals surface area contributed by atoms with Crippen molar-refractivity contribution in [1.82, 2.24) is 9.47 Å². The Hall–Kier alpha value is -2.40. The fraction of sp³-hybridized carbons (Fsp3) is 0.350. The molecule has 1 heterocycles. The van der Waals surface area contributed by atoms with E-state index in [-0.39, 0.29) is 16.8 Å². The van der Waals surface area contributed by atoms with Crippen molar-refractivity contribution in [2.24, 2.45) is 5.41 Å². The minimum atomic E-state index is -0.435. The SMILES string of the molecule is CN(C)C(=O)c1cc2c(n(-c3cccc(Cl)c3)c1=O)CC(C)(C)CC2=O. The van der Waals surface area contributed by atoms with Crippen molar-refractivity contribution in [1.29, 1.82) is 0 Å². The molecule has 3 rings (SSSR count). The van der Waals surface area contributed by atoms with Gasteiger partial charge in [-0.3, -0.25) is 19.0 Å². The van der Waals surface area contributed by atoms with Crippen LogP contribution in [0.15, 0.2) is 35.1 Å². The molecule has 0 atom stereocenters. The quantitative estimate of drug-likeness (QED) is 0.812. The number of benzene rings is 1. The van der Waals surface area contributed by atoms with Gasteiger partial charge in [0.25, 0.3) is 11.5 Å². The highest BCUT2D eigenvalue weighted by atomic mass is 35.5. The van der Waals surface area contributed by atoms with Crippen LogP contribution in [0.4, 0.5) is 0 Å². The van der Waals surface area contributed by atoms with Gasteiger partial charge in [0.2, 0.25) is 0 Å². The molecule has 136 valence electrons. The van der Waals surface area contributed by atoms with Crippen LogP contribution in [0.1, 0.15) is 46.7 Å². The van der Waals surface area contributed by atoms with Crippen molar-refractivity contribution >= 4 is 23.3 Å². The van der Waals surface area contributed by atoms with E-state index in [1.54, 1.807) is 38.4 Å². The summed E-state index contributed by atoms with van der Waals surface area (Å²) >= 11 is 6.11. The average molecular weight is 373 g/mol. The Morgan fingerprint density at radius 1 is 1.15 bits per heavy atom. The zero-order valence-electron chi connectivity index (χ0n) is 15.3. The number of carbonyl (C=O) groups excluding carboxylic acids is 2. The van der Waals surface area contributed by atoms with Gasteiger partial charge in [-0.1, -0.05) is 31.5 Å². The highest BCUT2D eigenvalue weighted by molar-refractivity contribution is 6.30. The summed E-state index contributed by atoms with van der Waals surface area (Å²) in [4.78, 5) is 39.8. The Balaban J connectivity index is 2.39. The number of ketones is 1. The summed E-state index contributed by atoms with van der Waals surface area (Å²) in [6.45, 7) is 4.00. The third-order valence-electron chi connectivity index (χ3n) is 4.59. The second-order valence-corrected chi connectivity index (χ2v) is 8.12. The largest absolute Gasteiger partial charge is 0.345 e. The topological polar surface area (TPSA) is 59.4 Å². The molecule has 0 radical (unpaired) electrons. The zero-order valence-corrected chi connectivity index (χ0v) is 16.1. The number of pyridine rings is 1. The highest BCUT2D eigenvalue weighted by Gasteiger charge is 2.35. The van der Waals surface area contributed by atoms with Crippen LogP contribution < -0.4 is 5.56 Å². The molecule has 0 spiro atoms. The molecule has 6 heteroatoms. The number of Topliss-reactive ketones (excluding diaryl/α,β-unsaturated/α-hetero) is 1. The van der Waals surface area contributed by atoms with Crippen LogP contribution in [0.2, 0.25) is 5.02 Å². The van der Waals surface area contributed by atoms with Crippen molar-refractivity contribution in [2.45, 2.75) is 26.7 Å². The summed E-state index contributed by atoms with van der Waals surface area (Å²) in [5.74, 6) is -0.481. The predicted octanol–water partition coefficient (Wildman–Crippen LogP) is 3.35. The Morgan fingerprint density at radius 3 is 2.46 bits per heavy atom. The van der Waals surface area contributed by atoms with Crippen molar-refractivity contribution in [3.8, 4) is 5.69 Å². The number of rotatable bonds is 2. The minimum Gasteiger partial charge on any atom is -0.345 e. The molecule has 0 bridgehead atoms. The van der Waals surface area contributed by atoms with E-state index in [4.69, 9.17) is 11.6 Å². The van der Waals surface area contributed by atoms with E-state index in [1.807, 2.05) is 13.8 Å². The van der Waals surface area contributed by atoms with Crippen molar-refractivity contribution in [2.75, 3.05) is 14.1 Å². The van der Waals surface area contributed by atoms with Crippen LogP contribution in [0, 0.1) is 5.41 Å². The number of nitrogens with zero attached hydrogens (tertiary/aromatic N) is 2. The molecule has 0 fully saturated rings. The van der Waals surface area contributed by atoms with Crippen molar-refractivity contribution in [3.05, 3.63) is 62.5 Å². The van der Waals surface area contributed by atoms with Gasteiger partial charge >= 0.3 is 0 Å². The van der Waals surface area contributed by atoms with Gasteiger partial charge in [-0.2, -0.15) is 0 Å². The molecule has 1 aromatic carbocycles. The lowest BCUT2D eigenvalue weighted by atomic mass is 9.75.